The first kappa shape index (κ1) is 22.4. The highest BCUT2D eigenvalue weighted by Crippen LogP contribution is 2.31. The Morgan fingerprint density at radius 3 is 2.34 bits per heavy atom. The van der Waals surface area contributed by atoms with Crippen LogP contribution in [0.5, 0.6) is 0 Å². The Morgan fingerprint density at radius 1 is 0.971 bits per heavy atom. The van der Waals surface area contributed by atoms with Crippen molar-refractivity contribution in [3.63, 3.8) is 0 Å². The molecule has 0 saturated heterocycles. The van der Waals surface area contributed by atoms with E-state index in [4.69, 9.17) is 0 Å². The number of halogens is 1. The molecule has 3 aromatic carbocycles. The quantitative estimate of drug-likeness (QED) is 0.401. The lowest BCUT2D eigenvalue weighted by atomic mass is 10.2. The van der Waals surface area contributed by atoms with Gasteiger partial charge in [0.1, 0.15) is 5.82 Å². The average Bonchev–Trinajstić information content (AvgIpc) is 3.29. The van der Waals surface area contributed by atoms with Crippen LogP contribution in [0.3, 0.4) is 0 Å². The van der Waals surface area contributed by atoms with Gasteiger partial charge in [-0.3, -0.25) is 9.20 Å². The molecular weight excluding hydrogens is 471 g/mol. The van der Waals surface area contributed by atoms with E-state index in [9.17, 15) is 17.6 Å². The number of carbonyl (C=O) groups excluding carboxylic acids is 1. The van der Waals surface area contributed by atoms with Gasteiger partial charge in [-0.25, -0.2) is 22.1 Å². The summed E-state index contributed by atoms with van der Waals surface area (Å²) in [6.07, 6.45) is 0. The number of amides is 1. The van der Waals surface area contributed by atoms with Gasteiger partial charge in [-0.2, -0.15) is 0 Å². The highest BCUT2D eigenvalue weighted by atomic mass is 32.2. The van der Waals surface area contributed by atoms with Gasteiger partial charge in [0.2, 0.25) is 11.6 Å². The second-order valence-electron chi connectivity index (χ2n) is 7.79. The summed E-state index contributed by atoms with van der Waals surface area (Å²) in [4.78, 5) is 15.9. The molecule has 0 saturated carbocycles. The van der Waals surface area contributed by atoms with Crippen molar-refractivity contribution in [3.05, 3.63) is 78.6 Å². The van der Waals surface area contributed by atoms with Gasteiger partial charge in [-0.15, -0.1) is 10.2 Å². The molecule has 11 heteroatoms. The molecule has 0 atom stereocenters. The van der Waals surface area contributed by atoms with E-state index in [0.29, 0.717) is 28.1 Å². The number of hydrogen-bond acceptors (Lipinski definition) is 6. The summed E-state index contributed by atoms with van der Waals surface area (Å²) < 4.78 is 43.2. The third kappa shape index (κ3) is 3.95. The molecule has 0 spiro atoms. The molecule has 35 heavy (non-hydrogen) atoms. The van der Waals surface area contributed by atoms with Crippen LogP contribution < -0.4 is 9.62 Å². The van der Waals surface area contributed by atoms with Crippen molar-refractivity contribution in [1.82, 2.24) is 19.6 Å². The van der Waals surface area contributed by atoms with E-state index in [2.05, 4.69) is 20.5 Å². The minimum Gasteiger partial charge on any atom is -0.326 e. The number of rotatable bonds is 5. The number of nitrogens with one attached hydrogen (secondary N) is 1. The normalized spacial score (nSPS) is 11.6. The lowest BCUT2D eigenvalue weighted by Crippen LogP contribution is -2.28. The Balaban J connectivity index is 1.67. The topological polar surface area (TPSA) is 110 Å². The van der Waals surface area contributed by atoms with E-state index < -0.39 is 10.0 Å². The van der Waals surface area contributed by atoms with E-state index in [1.807, 2.05) is 12.1 Å². The minimum atomic E-state index is -4.03. The lowest BCUT2D eigenvalue weighted by Gasteiger charge is -2.20. The standard InChI is InChI=1S/C24H19FN6O3S/c1-15(32)26-18-11-13-19(14-12-18)35(33,34)30(2)23-24-29-28-22(16-7-9-17(25)10-8-16)31(24)21-6-4-3-5-20(21)27-23/h3-14H,1-2H3,(H,26,32). The summed E-state index contributed by atoms with van der Waals surface area (Å²) in [5.41, 5.74) is 2.51. The molecule has 2 heterocycles. The van der Waals surface area contributed by atoms with Crippen molar-refractivity contribution in [2.75, 3.05) is 16.7 Å². The smallest absolute Gasteiger partial charge is 0.265 e. The number of hydrogen-bond donors (Lipinski definition) is 1. The maximum atomic E-state index is 13.5. The van der Waals surface area contributed by atoms with Crippen molar-refractivity contribution >= 4 is 44.1 Å². The fraction of sp³-hybridized carbons (Fsp3) is 0.0833. The molecule has 0 unspecified atom stereocenters. The largest absolute Gasteiger partial charge is 0.326 e. The molecule has 0 aliphatic rings. The van der Waals surface area contributed by atoms with Crippen LogP contribution in [0.1, 0.15) is 6.92 Å². The van der Waals surface area contributed by atoms with E-state index in [0.717, 1.165) is 4.31 Å². The van der Waals surface area contributed by atoms with Crippen LogP contribution in [-0.2, 0) is 14.8 Å². The summed E-state index contributed by atoms with van der Waals surface area (Å²) in [5, 5.41) is 11.1. The summed E-state index contributed by atoms with van der Waals surface area (Å²) in [5.74, 6) is -0.143. The molecule has 9 nitrogen and oxygen atoms in total. The van der Waals surface area contributed by atoms with Crippen LogP contribution in [0.4, 0.5) is 15.9 Å². The van der Waals surface area contributed by atoms with E-state index in [1.54, 1.807) is 28.7 Å². The number of fused-ring (bicyclic) bond motifs is 3. The molecule has 2 aromatic heterocycles. The third-order valence-corrected chi connectivity index (χ3v) is 7.21. The van der Waals surface area contributed by atoms with Crippen LogP contribution >= 0.6 is 0 Å². The Morgan fingerprint density at radius 2 is 1.66 bits per heavy atom. The summed E-state index contributed by atoms with van der Waals surface area (Å²) in [6, 6.07) is 18.8. The van der Waals surface area contributed by atoms with Gasteiger partial charge in [0.25, 0.3) is 10.0 Å². The highest BCUT2D eigenvalue weighted by molar-refractivity contribution is 7.92. The van der Waals surface area contributed by atoms with Gasteiger partial charge < -0.3 is 5.32 Å². The highest BCUT2D eigenvalue weighted by Gasteiger charge is 2.27. The number of anilines is 2. The fourth-order valence-electron chi connectivity index (χ4n) is 3.75. The predicted octanol–water partition coefficient (Wildman–Crippen LogP) is 3.87. The number of nitrogens with zero attached hydrogens (tertiary/aromatic N) is 5. The molecule has 176 valence electrons. The summed E-state index contributed by atoms with van der Waals surface area (Å²) in [7, 11) is -2.64. The van der Waals surface area contributed by atoms with Crippen molar-refractivity contribution in [2.24, 2.45) is 0 Å². The maximum absolute atomic E-state index is 13.5. The zero-order valence-corrected chi connectivity index (χ0v) is 19.5. The number of aromatic nitrogens is 4. The van der Waals surface area contributed by atoms with E-state index >= 15 is 0 Å². The number of para-hydroxylation sites is 2. The molecule has 1 N–H and O–H groups in total. The van der Waals surface area contributed by atoms with Crippen molar-refractivity contribution in [3.8, 4) is 11.4 Å². The molecule has 0 bridgehead atoms. The minimum absolute atomic E-state index is 0.0143. The number of sulfonamides is 1. The Bertz CT molecular complexity index is 1680. The first-order valence-corrected chi connectivity index (χ1v) is 12.0. The SMILES string of the molecule is CC(=O)Nc1ccc(S(=O)(=O)N(C)c2nc3ccccc3n3c(-c4ccc(F)cc4)nnc23)cc1. The zero-order valence-electron chi connectivity index (χ0n) is 18.7. The van der Waals surface area contributed by atoms with Crippen molar-refractivity contribution in [2.45, 2.75) is 11.8 Å². The van der Waals surface area contributed by atoms with Crippen LogP contribution in [0.2, 0.25) is 0 Å². The lowest BCUT2D eigenvalue weighted by molar-refractivity contribution is -0.114. The van der Waals surface area contributed by atoms with Crippen LogP contribution in [0.25, 0.3) is 28.1 Å². The predicted molar refractivity (Wildman–Crippen MR) is 130 cm³/mol. The molecule has 0 aliphatic heterocycles. The van der Waals surface area contributed by atoms with Gasteiger partial charge in [-0.1, -0.05) is 12.1 Å². The maximum Gasteiger partial charge on any atom is 0.265 e. The third-order valence-electron chi connectivity index (χ3n) is 5.45. The molecule has 0 aliphatic carbocycles. The summed E-state index contributed by atoms with van der Waals surface area (Å²) in [6.45, 7) is 1.37. The fourth-order valence-corrected chi connectivity index (χ4v) is 4.90. The molecule has 0 radical (unpaired) electrons. The molecule has 5 aromatic rings. The summed E-state index contributed by atoms with van der Waals surface area (Å²) >= 11 is 0. The average molecular weight is 491 g/mol. The van der Waals surface area contributed by atoms with Gasteiger partial charge in [-0.05, 0) is 60.7 Å². The van der Waals surface area contributed by atoms with E-state index in [1.165, 1.54) is 50.4 Å². The number of carbonyl (C=O) groups is 1. The first-order valence-electron chi connectivity index (χ1n) is 10.5. The van der Waals surface area contributed by atoms with Gasteiger partial charge >= 0.3 is 0 Å². The Kier molecular flexibility index (Phi) is 5.40. The van der Waals surface area contributed by atoms with Crippen molar-refractivity contribution < 1.29 is 17.6 Å². The first-order chi connectivity index (χ1) is 16.8. The Labute approximate surface area is 199 Å². The van der Waals surface area contributed by atoms with Crippen molar-refractivity contribution in [1.29, 1.82) is 0 Å². The number of benzene rings is 3. The van der Waals surface area contributed by atoms with Gasteiger partial charge in [0, 0.05) is 25.2 Å². The monoisotopic (exact) mass is 490 g/mol. The second-order valence-corrected chi connectivity index (χ2v) is 9.76. The zero-order chi connectivity index (χ0) is 24.7. The molecule has 1 amide bonds. The molecular formula is C24H19FN6O3S. The van der Waals surface area contributed by atoms with Crippen LogP contribution in [0.15, 0.2) is 77.7 Å². The van der Waals surface area contributed by atoms with Crippen LogP contribution in [0, 0.1) is 5.82 Å². The second kappa shape index (κ2) is 8.44. The van der Waals surface area contributed by atoms with E-state index in [-0.39, 0.29) is 28.1 Å². The Hall–Kier alpha value is -4.38. The van der Waals surface area contributed by atoms with Gasteiger partial charge in [0.05, 0.1) is 15.9 Å². The molecule has 0 fully saturated rings. The van der Waals surface area contributed by atoms with Crippen LogP contribution in [-0.4, -0.2) is 41.0 Å². The van der Waals surface area contributed by atoms with Gasteiger partial charge in [0.15, 0.2) is 11.6 Å². The molecule has 5 rings (SSSR count).